The van der Waals surface area contributed by atoms with Crippen molar-refractivity contribution in [2.75, 3.05) is 40.0 Å². The molecule has 0 aliphatic carbocycles. The van der Waals surface area contributed by atoms with Crippen molar-refractivity contribution >= 4 is 27.5 Å². The molecule has 1 amide bonds. The number of hydrogen-bond acceptors (Lipinski definition) is 3. The number of anilines is 1. The smallest absolute Gasteiger partial charge is 0.255 e. The van der Waals surface area contributed by atoms with Crippen LogP contribution in [0.3, 0.4) is 0 Å². The summed E-state index contributed by atoms with van der Waals surface area (Å²) < 4.78 is 0.881. The average molecular weight is 314 g/mol. The predicted molar refractivity (Wildman–Crippen MR) is 78.7 cm³/mol. The monoisotopic (exact) mass is 313 g/mol. The van der Waals surface area contributed by atoms with Crippen LogP contribution in [0, 0.1) is 0 Å². The molecule has 0 unspecified atom stereocenters. The minimum atomic E-state index is -0.0289. The third-order valence-electron chi connectivity index (χ3n) is 2.69. The molecule has 0 aromatic heterocycles. The van der Waals surface area contributed by atoms with Gasteiger partial charge in [0.05, 0.1) is 5.56 Å². The number of nitrogens with zero attached hydrogens (tertiary/aromatic N) is 2. The van der Waals surface area contributed by atoms with Crippen LogP contribution in [-0.4, -0.2) is 49.9 Å². The Morgan fingerprint density at radius 1 is 1.28 bits per heavy atom. The normalized spacial score (nSPS) is 10.7. The van der Waals surface area contributed by atoms with Crippen molar-refractivity contribution in [2.45, 2.75) is 6.42 Å². The van der Waals surface area contributed by atoms with Crippen LogP contribution in [0.4, 0.5) is 5.69 Å². The van der Waals surface area contributed by atoms with Gasteiger partial charge >= 0.3 is 0 Å². The van der Waals surface area contributed by atoms with Crippen molar-refractivity contribution in [1.29, 1.82) is 0 Å². The van der Waals surface area contributed by atoms with Crippen LogP contribution in [0.2, 0.25) is 0 Å². The molecule has 0 saturated carbocycles. The Kier molecular flexibility index (Phi) is 5.62. The molecule has 0 fully saturated rings. The van der Waals surface area contributed by atoms with Crippen molar-refractivity contribution in [3.63, 3.8) is 0 Å². The number of amides is 1. The Balaban J connectivity index is 2.63. The molecule has 4 nitrogen and oxygen atoms in total. The largest absolute Gasteiger partial charge is 0.398 e. The van der Waals surface area contributed by atoms with E-state index in [-0.39, 0.29) is 5.91 Å². The van der Waals surface area contributed by atoms with E-state index in [2.05, 4.69) is 20.8 Å². The number of rotatable bonds is 5. The van der Waals surface area contributed by atoms with Gasteiger partial charge < -0.3 is 15.5 Å². The SMILES string of the molecule is CN(C)CCCN(C)C(=O)c1ccc(Br)cc1N. The molecule has 1 aromatic carbocycles. The van der Waals surface area contributed by atoms with Crippen molar-refractivity contribution in [2.24, 2.45) is 0 Å². The van der Waals surface area contributed by atoms with Gasteiger partial charge in [-0.3, -0.25) is 4.79 Å². The van der Waals surface area contributed by atoms with E-state index < -0.39 is 0 Å². The molecule has 100 valence electrons. The topological polar surface area (TPSA) is 49.6 Å². The van der Waals surface area contributed by atoms with Crippen molar-refractivity contribution in [1.82, 2.24) is 9.80 Å². The maximum Gasteiger partial charge on any atom is 0.255 e. The Morgan fingerprint density at radius 2 is 1.94 bits per heavy atom. The van der Waals surface area contributed by atoms with Crippen LogP contribution in [0.5, 0.6) is 0 Å². The van der Waals surface area contributed by atoms with Crippen LogP contribution >= 0.6 is 15.9 Å². The molecule has 0 spiro atoms. The van der Waals surface area contributed by atoms with Gasteiger partial charge in [0, 0.05) is 23.8 Å². The predicted octanol–water partition coefficient (Wildman–Crippen LogP) is 2.05. The summed E-state index contributed by atoms with van der Waals surface area (Å²) in [5.74, 6) is -0.0289. The summed E-state index contributed by atoms with van der Waals surface area (Å²) in [7, 11) is 5.85. The maximum atomic E-state index is 12.2. The van der Waals surface area contributed by atoms with E-state index in [0.717, 1.165) is 24.0 Å². The lowest BCUT2D eigenvalue weighted by Crippen LogP contribution is -2.30. The van der Waals surface area contributed by atoms with Crippen molar-refractivity contribution < 1.29 is 4.79 Å². The van der Waals surface area contributed by atoms with Gasteiger partial charge in [0.15, 0.2) is 0 Å². The van der Waals surface area contributed by atoms with Gasteiger partial charge in [-0.15, -0.1) is 0 Å². The number of nitrogen functional groups attached to an aromatic ring is 1. The molecule has 2 N–H and O–H groups in total. The van der Waals surface area contributed by atoms with E-state index in [0.29, 0.717) is 11.3 Å². The number of benzene rings is 1. The van der Waals surface area contributed by atoms with E-state index in [1.165, 1.54) is 0 Å². The first-order chi connectivity index (χ1) is 8.41. The van der Waals surface area contributed by atoms with Gasteiger partial charge in [-0.25, -0.2) is 0 Å². The maximum absolute atomic E-state index is 12.2. The Bertz CT molecular complexity index is 421. The highest BCUT2D eigenvalue weighted by atomic mass is 79.9. The van der Waals surface area contributed by atoms with E-state index in [9.17, 15) is 4.79 Å². The zero-order chi connectivity index (χ0) is 13.7. The molecule has 5 heteroatoms. The molecular weight excluding hydrogens is 294 g/mol. The third-order valence-corrected chi connectivity index (χ3v) is 3.18. The summed E-state index contributed by atoms with van der Waals surface area (Å²) in [5.41, 5.74) is 6.92. The summed E-state index contributed by atoms with van der Waals surface area (Å²) in [6.45, 7) is 1.69. The first-order valence-electron chi connectivity index (χ1n) is 5.87. The highest BCUT2D eigenvalue weighted by Crippen LogP contribution is 2.19. The third kappa shape index (κ3) is 4.31. The molecule has 0 aliphatic rings. The number of carbonyl (C=O) groups is 1. The van der Waals surface area contributed by atoms with Gasteiger partial charge in [0.1, 0.15) is 0 Å². The van der Waals surface area contributed by atoms with E-state index >= 15 is 0 Å². The van der Waals surface area contributed by atoms with Gasteiger partial charge in [0.2, 0.25) is 0 Å². The Labute approximate surface area is 117 Å². The van der Waals surface area contributed by atoms with Crippen LogP contribution in [0.15, 0.2) is 22.7 Å². The molecule has 1 aromatic rings. The standard InChI is InChI=1S/C13H20BrN3O/c1-16(2)7-4-8-17(3)13(18)11-6-5-10(14)9-12(11)15/h5-6,9H,4,7-8,15H2,1-3H3. The number of carbonyl (C=O) groups excluding carboxylic acids is 1. The van der Waals surface area contributed by atoms with Gasteiger partial charge in [0.25, 0.3) is 5.91 Å². The number of nitrogens with two attached hydrogens (primary N) is 1. The number of halogens is 1. The summed E-state index contributed by atoms with van der Waals surface area (Å²) in [4.78, 5) is 16.0. The van der Waals surface area contributed by atoms with E-state index in [1.54, 1.807) is 24.1 Å². The highest BCUT2D eigenvalue weighted by molar-refractivity contribution is 9.10. The second-order valence-electron chi connectivity index (χ2n) is 4.62. The molecule has 0 heterocycles. The lowest BCUT2D eigenvalue weighted by atomic mass is 10.1. The minimum absolute atomic E-state index is 0.0289. The van der Waals surface area contributed by atoms with Gasteiger partial charge in [-0.2, -0.15) is 0 Å². The summed E-state index contributed by atoms with van der Waals surface area (Å²) in [6.07, 6.45) is 0.950. The molecule has 0 bridgehead atoms. The Morgan fingerprint density at radius 3 is 2.50 bits per heavy atom. The fourth-order valence-electron chi connectivity index (χ4n) is 1.66. The minimum Gasteiger partial charge on any atom is -0.398 e. The van der Waals surface area contributed by atoms with Crippen molar-refractivity contribution in [3.8, 4) is 0 Å². The van der Waals surface area contributed by atoms with Crippen LogP contribution in [0.1, 0.15) is 16.8 Å². The van der Waals surface area contributed by atoms with Crippen LogP contribution in [-0.2, 0) is 0 Å². The lowest BCUT2D eigenvalue weighted by molar-refractivity contribution is 0.0791. The lowest BCUT2D eigenvalue weighted by Gasteiger charge is -2.19. The highest BCUT2D eigenvalue weighted by Gasteiger charge is 2.14. The average Bonchev–Trinajstić information content (AvgIpc) is 2.27. The van der Waals surface area contributed by atoms with Crippen LogP contribution in [0.25, 0.3) is 0 Å². The molecule has 1 rings (SSSR count). The molecule has 18 heavy (non-hydrogen) atoms. The molecule has 0 saturated heterocycles. The fourth-order valence-corrected chi connectivity index (χ4v) is 2.04. The molecular formula is C13H20BrN3O. The zero-order valence-corrected chi connectivity index (χ0v) is 12.7. The van der Waals surface area contributed by atoms with Gasteiger partial charge in [-0.05, 0) is 45.3 Å². The first kappa shape index (κ1) is 15.0. The summed E-state index contributed by atoms with van der Waals surface area (Å²) in [6, 6.07) is 5.34. The summed E-state index contributed by atoms with van der Waals surface area (Å²) in [5, 5.41) is 0. The van der Waals surface area contributed by atoms with E-state index in [1.807, 2.05) is 20.2 Å². The zero-order valence-electron chi connectivity index (χ0n) is 11.1. The second kappa shape index (κ2) is 6.75. The molecule has 0 radical (unpaired) electrons. The first-order valence-corrected chi connectivity index (χ1v) is 6.66. The van der Waals surface area contributed by atoms with Crippen molar-refractivity contribution in [3.05, 3.63) is 28.2 Å². The second-order valence-corrected chi connectivity index (χ2v) is 5.53. The Hall–Kier alpha value is -1.07. The quantitative estimate of drug-likeness (QED) is 0.846. The fraction of sp³-hybridized carbons (Fsp3) is 0.462. The molecule has 0 atom stereocenters. The van der Waals surface area contributed by atoms with Crippen LogP contribution < -0.4 is 5.73 Å². The van der Waals surface area contributed by atoms with E-state index in [4.69, 9.17) is 5.73 Å². The van der Waals surface area contributed by atoms with Gasteiger partial charge in [-0.1, -0.05) is 15.9 Å². The summed E-state index contributed by atoms with van der Waals surface area (Å²) >= 11 is 3.33. The number of hydrogen-bond donors (Lipinski definition) is 1. The molecule has 0 aliphatic heterocycles.